The molecule has 2 saturated heterocycles. The van der Waals surface area contributed by atoms with Crippen LogP contribution in [-0.4, -0.2) is 85.8 Å². The number of carbonyl (C=O) groups excluding carboxylic acids is 2. The Morgan fingerprint density at radius 3 is 2.51 bits per heavy atom. The summed E-state index contributed by atoms with van der Waals surface area (Å²) < 4.78 is 28.8. The Bertz CT molecular complexity index is 1250. The zero-order valence-electron chi connectivity index (χ0n) is 21.8. The van der Waals surface area contributed by atoms with Crippen LogP contribution in [0.15, 0.2) is 41.3 Å². The topological polar surface area (TPSA) is 90.0 Å². The van der Waals surface area contributed by atoms with Crippen LogP contribution in [0.2, 0.25) is 5.02 Å². The van der Waals surface area contributed by atoms with Crippen LogP contribution in [-0.2, 0) is 19.6 Å². The zero-order valence-corrected chi connectivity index (χ0v) is 23.4. The molecular formula is C27H37ClN4O4S. The molecule has 2 aliphatic heterocycles. The number of piperidine rings is 1. The van der Waals surface area contributed by atoms with Crippen LogP contribution in [0.1, 0.15) is 46.5 Å². The van der Waals surface area contributed by atoms with Crippen molar-refractivity contribution in [3.63, 3.8) is 0 Å². The maximum Gasteiger partial charge on any atom is 0.245 e. The molecule has 0 aliphatic carbocycles. The molecule has 4 rings (SSSR count). The van der Waals surface area contributed by atoms with Gasteiger partial charge in [-0.15, -0.1) is 0 Å². The summed E-state index contributed by atoms with van der Waals surface area (Å²) >= 11 is 6.03. The smallest absolute Gasteiger partial charge is 0.245 e. The molecule has 2 aliphatic rings. The van der Waals surface area contributed by atoms with Gasteiger partial charge in [0, 0.05) is 30.7 Å². The first kappa shape index (κ1) is 27.8. The van der Waals surface area contributed by atoms with Crippen LogP contribution in [0.25, 0.3) is 10.8 Å². The van der Waals surface area contributed by atoms with Crippen LogP contribution in [0.4, 0.5) is 0 Å². The van der Waals surface area contributed by atoms with Gasteiger partial charge in [-0.05, 0) is 80.7 Å². The largest absolute Gasteiger partial charge is 0.337 e. The van der Waals surface area contributed by atoms with Crippen LogP contribution < -0.4 is 4.72 Å². The summed E-state index contributed by atoms with van der Waals surface area (Å²) in [4.78, 5) is 32.7. The molecule has 202 valence electrons. The first-order valence-electron chi connectivity index (χ1n) is 13.2. The van der Waals surface area contributed by atoms with Crippen molar-refractivity contribution in [2.75, 3.05) is 32.7 Å². The van der Waals surface area contributed by atoms with Gasteiger partial charge in [-0.3, -0.25) is 9.59 Å². The Kier molecular flexibility index (Phi) is 8.78. The molecular weight excluding hydrogens is 512 g/mol. The van der Waals surface area contributed by atoms with E-state index in [2.05, 4.69) is 23.5 Å². The minimum atomic E-state index is -3.93. The average Bonchev–Trinajstić information content (AvgIpc) is 3.25. The number of sulfonamides is 1. The van der Waals surface area contributed by atoms with Gasteiger partial charge in [0.1, 0.15) is 12.1 Å². The van der Waals surface area contributed by atoms with E-state index in [-0.39, 0.29) is 22.8 Å². The van der Waals surface area contributed by atoms with E-state index in [0.717, 1.165) is 49.7 Å². The van der Waals surface area contributed by atoms with Crippen molar-refractivity contribution in [1.82, 2.24) is 19.4 Å². The Balaban J connectivity index is 1.44. The predicted octanol–water partition coefficient (Wildman–Crippen LogP) is 3.48. The number of carbonyl (C=O) groups is 2. The van der Waals surface area contributed by atoms with Gasteiger partial charge in [-0.25, -0.2) is 8.42 Å². The van der Waals surface area contributed by atoms with E-state index in [1.165, 1.54) is 11.0 Å². The minimum absolute atomic E-state index is 0.0538. The lowest BCUT2D eigenvalue weighted by atomic mass is 10.00. The zero-order chi connectivity index (χ0) is 26.7. The molecule has 2 aromatic carbocycles. The molecule has 1 N–H and O–H groups in total. The Morgan fingerprint density at radius 1 is 1.08 bits per heavy atom. The van der Waals surface area contributed by atoms with Gasteiger partial charge in [0.25, 0.3) is 0 Å². The lowest BCUT2D eigenvalue weighted by Gasteiger charge is -2.40. The fraction of sp³-hybridized carbons (Fsp3) is 0.556. The molecule has 0 saturated carbocycles. The number of fused-ring (bicyclic) bond motifs is 1. The summed E-state index contributed by atoms with van der Waals surface area (Å²) in [6, 6.07) is 8.64. The standard InChI is InChI=1S/C27H37ClN4O4S/c1-4-30(5-2)18-23-8-6-7-14-32(23)26(33)19(3)31-15-13-25(27(31)34)29-37(35,36)24-12-10-20-16-22(28)11-9-21(20)17-24/h9-12,16-17,19,23,25,29H,4-8,13-15,18H2,1-3H3/t19-,23?,25+/m0/s1. The van der Waals surface area contributed by atoms with Crippen molar-refractivity contribution in [2.24, 2.45) is 0 Å². The number of hydrogen-bond donors (Lipinski definition) is 1. The molecule has 0 radical (unpaired) electrons. The number of benzene rings is 2. The van der Waals surface area contributed by atoms with Gasteiger partial charge in [0.15, 0.2) is 0 Å². The minimum Gasteiger partial charge on any atom is -0.337 e. The first-order valence-corrected chi connectivity index (χ1v) is 15.1. The monoisotopic (exact) mass is 548 g/mol. The van der Waals surface area contributed by atoms with Crippen molar-refractivity contribution in [3.8, 4) is 0 Å². The summed E-state index contributed by atoms with van der Waals surface area (Å²) in [6.45, 7) is 9.74. The Hall–Kier alpha value is -2.20. The Labute approximate surface area is 225 Å². The first-order chi connectivity index (χ1) is 17.6. The molecule has 3 atom stereocenters. The SMILES string of the molecule is CCN(CC)CC1CCCCN1C(=O)[C@H](C)N1CC[C@@H](NS(=O)(=O)c2ccc3cc(Cl)ccc3c2)C1=O. The second kappa shape index (κ2) is 11.7. The second-order valence-corrected chi connectivity index (χ2v) is 12.1. The number of rotatable bonds is 9. The van der Waals surface area contributed by atoms with E-state index in [9.17, 15) is 18.0 Å². The highest BCUT2D eigenvalue weighted by Crippen LogP contribution is 2.25. The summed E-state index contributed by atoms with van der Waals surface area (Å²) in [5.41, 5.74) is 0. The van der Waals surface area contributed by atoms with Crippen molar-refractivity contribution < 1.29 is 18.0 Å². The van der Waals surface area contributed by atoms with Gasteiger partial charge in [0.05, 0.1) is 4.90 Å². The maximum absolute atomic E-state index is 13.5. The second-order valence-electron chi connectivity index (χ2n) is 9.99. The number of likely N-dealkylation sites (tertiary alicyclic amines) is 2. The molecule has 0 aromatic heterocycles. The van der Waals surface area contributed by atoms with Crippen molar-refractivity contribution >= 4 is 44.2 Å². The van der Waals surface area contributed by atoms with Crippen LogP contribution >= 0.6 is 11.6 Å². The molecule has 2 aromatic rings. The van der Waals surface area contributed by atoms with E-state index >= 15 is 0 Å². The van der Waals surface area contributed by atoms with Gasteiger partial charge >= 0.3 is 0 Å². The summed E-state index contributed by atoms with van der Waals surface area (Å²) in [5.74, 6) is -0.406. The lowest BCUT2D eigenvalue weighted by molar-refractivity contribution is -0.146. The fourth-order valence-corrected chi connectivity index (χ4v) is 6.89. The number of nitrogens with zero attached hydrogens (tertiary/aromatic N) is 3. The number of likely N-dealkylation sites (N-methyl/N-ethyl adjacent to an activating group) is 1. The van der Waals surface area contributed by atoms with Crippen molar-refractivity contribution in [3.05, 3.63) is 41.4 Å². The quantitative estimate of drug-likeness (QED) is 0.518. The van der Waals surface area contributed by atoms with Crippen molar-refractivity contribution in [2.45, 2.75) is 69.5 Å². The molecule has 2 amide bonds. The molecule has 0 spiro atoms. The number of halogens is 1. The third-order valence-electron chi connectivity index (χ3n) is 7.72. The highest BCUT2D eigenvalue weighted by atomic mass is 35.5. The van der Waals surface area contributed by atoms with Crippen molar-refractivity contribution in [1.29, 1.82) is 0 Å². The van der Waals surface area contributed by atoms with E-state index < -0.39 is 22.1 Å². The maximum atomic E-state index is 13.5. The molecule has 2 fully saturated rings. The van der Waals surface area contributed by atoms with Gasteiger partial charge in [-0.1, -0.05) is 37.6 Å². The van der Waals surface area contributed by atoms with Crippen LogP contribution in [0.5, 0.6) is 0 Å². The molecule has 1 unspecified atom stereocenters. The predicted molar refractivity (Wildman–Crippen MR) is 146 cm³/mol. The number of amides is 2. The van der Waals surface area contributed by atoms with E-state index in [0.29, 0.717) is 24.5 Å². The van der Waals surface area contributed by atoms with Gasteiger partial charge in [-0.2, -0.15) is 4.72 Å². The van der Waals surface area contributed by atoms with Gasteiger partial charge in [0.2, 0.25) is 21.8 Å². The summed E-state index contributed by atoms with van der Waals surface area (Å²) in [6.07, 6.45) is 3.34. The fourth-order valence-electron chi connectivity index (χ4n) is 5.45. The third-order valence-corrected chi connectivity index (χ3v) is 9.42. The highest BCUT2D eigenvalue weighted by Gasteiger charge is 2.41. The molecule has 0 bridgehead atoms. The van der Waals surface area contributed by atoms with Crippen LogP contribution in [0, 0.1) is 0 Å². The molecule has 2 heterocycles. The number of hydrogen-bond acceptors (Lipinski definition) is 5. The van der Waals surface area contributed by atoms with Crippen LogP contribution in [0.3, 0.4) is 0 Å². The molecule has 8 nitrogen and oxygen atoms in total. The Morgan fingerprint density at radius 2 is 1.78 bits per heavy atom. The highest BCUT2D eigenvalue weighted by molar-refractivity contribution is 7.89. The molecule has 37 heavy (non-hydrogen) atoms. The van der Waals surface area contributed by atoms with E-state index in [1.807, 2.05) is 4.90 Å². The average molecular weight is 549 g/mol. The normalized spacial score (nSPS) is 21.7. The summed E-state index contributed by atoms with van der Waals surface area (Å²) in [5, 5.41) is 2.15. The van der Waals surface area contributed by atoms with E-state index in [1.54, 1.807) is 37.3 Å². The van der Waals surface area contributed by atoms with E-state index in [4.69, 9.17) is 11.6 Å². The van der Waals surface area contributed by atoms with Gasteiger partial charge < -0.3 is 14.7 Å². The molecule has 10 heteroatoms. The lowest BCUT2D eigenvalue weighted by Crippen LogP contribution is -2.56. The summed E-state index contributed by atoms with van der Waals surface area (Å²) in [7, 11) is -3.93. The third kappa shape index (κ3) is 6.11. The number of nitrogens with one attached hydrogen (secondary N) is 1.